The predicted molar refractivity (Wildman–Crippen MR) is 65.1 cm³/mol. The minimum atomic E-state index is 0.0170. The Labute approximate surface area is 102 Å². The average molecular weight is 235 g/mol. The number of likely N-dealkylation sites (tertiary alicyclic amines) is 1. The summed E-state index contributed by atoms with van der Waals surface area (Å²) < 4.78 is 0. The predicted octanol–water partition coefficient (Wildman–Crippen LogP) is 0.992. The molecule has 1 saturated heterocycles. The Kier molecular flexibility index (Phi) is 4.18. The van der Waals surface area contributed by atoms with Crippen molar-refractivity contribution in [2.24, 2.45) is 0 Å². The van der Waals surface area contributed by atoms with Crippen LogP contribution >= 0.6 is 0 Å². The largest absolute Gasteiger partial charge is 0.337 e. The van der Waals surface area contributed by atoms with Gasteiger partial charge in [0.05, 0.1) is 6.54 Å². The number of hydrogen-bond donors (Lipinski definition) is 0. The van der Waals surface area contributed by atoms with E-state index in [1.165, 1.54) is 0 Å². The van der Waals surface area contributed by atoms with Crippen molar-refractivity contribution in [2.75, 3.05) is 26.2 Å². The van der Waals surface area contributed by atoms with Crippen LogP contribution in [0.1, 0.15) is 25.7 Å². The second-order valence-electron chi connectivity index (χ2n) is 4.56. The van der Waals surface area contributed by atoms with E-state index in [0.29, 0.717) is 13.1 Å². The molecule has 0 aromatic rings. The van der Waals surface area contributed by atoms with Crippen LogP contribution in [0, 0.1) is 6.42 Å². The normalized spacial score (nSPS) is 21.5. The second-order valence-corrected chi connectivity index (χ2v) is 4.56. The summed E-state index contributed by atoms with van der Waals surface area (Å²) >= 11 is 0. The molecule has 2 heterocycles. The van der Waals surface area contributed by atoms with Gasteiger partial charge in [-0.15, -0.1) is 0 Å². The van der Waals surface area contributed by atoms with Crippen LogP contribution in [0.4, 0.5) is 0 Å². The minimum Gasteiger partial charge on any atom is -0.337 e. The number of hydrogen-bond acceptors (Lipinski definition) is 2. The van der Waals surface area contributed by atoms with Crippen LogP contribution in [0.15, 0.2) is 12.2 Å². The Hall–Kier alpha value is -1.32. The highest BCUT2D eigenvalue weighted by molar-refractivity contribution is 5.89. The first-order valence-electron chi connectivity index (χ1n) is 6.32. The molecule has 1 fully saturated rings. The fraction of sp³-hybridized carbons (Fsp3) is 0.615. The lowest BCUT2D eigenvalue weighted by atomic mass is 10.2. The summed E-state index contributed by atoms with van der Waals surface area (Å²) in [5, 5.41) is 0. The van der Waals surface area contributed by atoms with Crippen molar-refractivity contribution in [3.63, 3.8) is 0 Å². The SMILES string of the molecule is O=C1[CH]CCCCN1CC(=O)N1CC=CCC1. The monoisotopic (exact) mass is 235 g/mol. The van der Waals surface area contributed by atoms with Crippen molar-refractivity contribution in [1.82, 2.24) is 9.80 Å². The highest BCUT2D eigenvalue weighted by Gasteiger charge is 2.22. The van der Waals surface area contributed by atoms with Crippen molar-refractivity contribution in [2.45, 2.75) is 25.7 Å². The van der Waals surface area contributed by atoms with Gasteiger partial charge in [-0.25, -0.2) is 0 Å². The Bertz CT molecular complexity index is 325. The molecular weight excluding hydrogens is 216 g/mol. The Morgan fingerprint density at radius 2 is 2.06 bits per heavy atom. The Balaban J connectivity index is 1.88. The number of carbonyl (C=O) groups excluding carboxylic acids is 2. The Morgan fingerprint density at radius 1 is 1.18 bits per heavy atom. The molecule has 0 N–H and O–H groups in total. The van der Waals surface area contributed by atoms with Crippen molar-refractivity contribution < 1.29 is 9.59 Å². The van der Waals surface area contributed by atoms with Crippen molar-refractivity contribution in [1.29, 1.82) is 0 Å². The zero-order valence-electron chi connectivity index (χ0n) is 10.1. The summed E-state index contributed by atoms with van der Waals surface area (Å²) in [7, 11) is 0. The van der Waals surface area contributed by atoms with Gasteiger partial charge in [0.2, 0.25) is 11.8 Å². The maximum Gasteiger partial charge on any atom is 0.242 e. The maximum absolute atomic E-state index is 12.0. The van der Waals surface area contributed by atoms with Crippen molar-refractivity contribution in [3.8, 4) is 0 Å². The van der Waals surface area contributed by atoms with E-state index in [4.69, 9.17) is 0 Å². The number of carbonyl (C=O) groups is 2. The summed E-state index contributed by atoms with van der Waals surface area (Å²) in [5.74, 6) is 0.0846. The summed E-state index contributed by atoms with van der Waals surface area (Å²) in [5.41, 5.74) is 0. The first-order chi connectivity index (χ1) is 8.27. The lowest BCUT2D eigenvalue weighted by Gasteiger charge is -2.27. The van der Waals surface area contributed by atoms with E-state index in [1.807, 2.05) is 11.0 Å². The maximum atomic E-state index is 12.0. The van der Waals surface area contributed by atoms with Crippen LogP contribution in [0.25, 0.3) is 0 Å². The molecule has 0 aromatic carbocycles. The highest BCUT2D eigenvalue weighted by atomic mass is 16.2. The van der Waals surface area contributed by atoms with E-state index in [1.54, 1.807) is 11.3 Å². The first kappa shape index (κ1) is 12.1. The third-order valence-electron chi connectivity index (χ3n) is 3.25. The molecule has 17 heavy (non-hydrogen) atoms. The van der Waals surface area contributed by atoms with E-state index in [9.17, 15) is 9.59 Å². The molecule has 2 aliphatic rings. The van der Waals surface area contributed by atoms with E-state index in [2.05, 4.69) is 6.08 Å². The Morgan fingerprint density at radius 3 is 2.82 bits per heavy atom. The summed E-state index contributed by atoms with van der Waals surface area (Å²) in [6, 6.07) is 0. The zero-order chi connectivity index (χ0) is 12.1. The van der Waals surface area contributed by atoms with Gasteiger partial charge in [-0.1, -0.05) is 18.6 Å². The van der Waals surface area contributed by atoms with Gasteiger partial charge in [0.15, 0.2) is 0 Å². The van der Waals surface area contributed by atoms with E-state index >= 15 is 0 Å². The summed E-state index contributed by atoms with van der Waals surface area (Å²) in [6.07, 6.45) is 9.61. The summed E-state index contributed by atoms with van der Waals surface area (Å²) in [4.78, 5) is 27.2. The van der Waals surface area contributed by atoms with Crippen molar-refractivity contribution >= 4 is 11.8 Å². The van der Waals surface area contributed by atoms with Crippen LogP contribution in [-0.2, 0) is 9.59 Å². The standard InChI is InChI=1S/C13H19N2O2/c16-12-7-3-1-4-10-15(12)11-13(17)14-8-5-2-6-9-14/h2,5,7H,1,3-4,6,8-11H2. The van der Waals surface area contributed by atoms with Gasteiger partial charge in [-0.3, -0.25) is 9.59 Å². The smallest absolute Gasteiger partial charge is 0.242 e. The molecule has 2 rings (SSSR count). The van der Waals surface area contributed by atoms with E-state index < -0.39 is 0 Å². The number of amides is 2. The van der Waals surface area contributed by atoms with Gasteiger partial charge in [0.25, 0.3) is 0 Å². The molecule has 0 spiro atoms. The first-order valence-corrected chi connectivity index (χ1v) is 6.32. The topological polar surface area (TPSA) is 40.6 Å². The molecule has 4 heteroatoms. The van der Waals surface area contributed by atoms with Gasteiger partial charge in [-0.05, 0) is 19.3 Å². The lowest BCUT2D eigenvalue weighted by molar-refractivity contribution is -0.138. The fourth-order valence-corrected chi connectivity index (χ4v) is 2.20. The molecule has 0 aliphatic carbocycles. The van der Waals surface area contributed by atoms with Crippen molar-refractivity contribution in [3.05, 3.63) is 18.6 Å². The van der Waals surface area contributed by atoms with Gasteiger partial charge in [0.1, 0.15) is 0 Å². The quantitative estimate of drug-likeness (QED) is 0.670. The molecule has 93 valence electrons. The molecule has 0 atom stereocenters. The highest BCUT2D eigenvalue weighted by Crippen LogP contribution is 2.11. The molecule has 2 amide bonds. The van der Waals surface area contributed by atoms with Crippen LogP contribution in [-0.4, -0.2) is 47.8 Å². The van der Waals surface area contributed by atoms with Gasteiger partial charge < -0.3 is 9.80 Å². The fourth-order valence-electron chi connectivity index (χ4n) is 2.20. The molecule has 1 radical (unpaired) electrons. The van der Waals surface area contributed by atoms with E-state index in [-0.39, 0.29) is 18.4 Å². The zero-order valence-corrected chi connectivity index (χ0v) is 10.1. The number of rotatable bonds is 2. The van der Waals surface area contributed by atoms with Gasteiger partial charge in [-0.2, -0.15) is 0 Å². The van der Waals surface area contributed by atoms with Crippen LogP contribution in [0.2, 0.25) is 0 Å². The number of nitrogens with zero attached hydrogens (tertiary/aromatic N) is 2. The average Bonchev–Trinajstić information content (AvgIpc) is 2.56. The molecule has 2 aliphatic heterocycles. The van der Waals surface area contributed by atoms with E-state index in [0.717, 1.165) is 32.2 Å². The molecular formula is C13H19N2O2. The molecule has 0 bridgehead atoms. The molecule has 0 saturated carbocycles. The molecule has 0 unspecified atom stereocenters. The third kappa shape index (κ3) is 3.32. The molecule has 0 aromatic heterocycles. The molecule has 4 nitrogen and oxygen atoms in total. The van der Waals surface area contributed by atoms with Gasteiger partial charge >= 0.3 is 0 Å². The van der Waals surface area contributed by atoms with Crippen LogP contribution in [0.3, 0.4) is 0 Å². The lowest BCUT2D eigenvalue weighted by Crippen LogP contribution is -2.43. The second kappa shape index (κ2) is 5.84. The van der Waals surface area contributed by atoms with Gasteiger partial charge in [0, 0.05) is 26.1 Å². The van der Waals surface area contributed by atoms with Crippen LogP contribution in [0.5, 0.6) is 0 Å². The van der Waals surface area contributed by atoms with Crippen LogP contribution < -0.4 is 0 Å². The minimum absolute atomic E-state index is 0.0170. The third-order valence-corrected chi connectivity index (χ3v) is 3.25. The summed E-state index contributed by atoms with van der Waals surface area (Å²) in [6.45, 7) is 2.42.